The summed E-state index contributed by atoms with van der Waals surface area (Å²) in [7, 11) is 0. The average Bonchev–Trinajstić information content (AvgIpc) is 2.44. The maximum Gasteiger partial charge on any atom is 0.154 e. The zero-order chi connectivity index (χ0) is 8.55. The van der Waals surface area contributed by atoms with Gasteiger partial charge in [0.05, 0.1) is 5.69 Å². The Balaban J connectivity index is 2.36. The summed E-state index contributed by atoms with van der Waals surface area (Å²) in [6, 6.07) is 0. The van der Waals surface area contributed by atoms with E-state index in [0.29, 0.717) is 5.92 Å². The van der Waals surface area contributed by atoms with Gasteiger partial charge < -0.3 is 5.73 Å². The highest BCUT2D eigenvalue weighted by Gasteiger charge is 2.22. The highest BCUT2D eigenvalue weighted by Crippen LogP contribution is 2.35. The molecule has 0 spiro atoms. The molecule has 2 nitrogen and oxygen atoms in total. The fraction of sp³-hybridized carbons (Fsp3) is 0.625. The summed E-state index contributed by atoms with van der Waals surface area (Å²) in [5.41, 5.74) is 7.01. The minimum Gasteiger partial charge on any atom is -0.330 e. The molecular formula is C8H11IN2S. The van der Waals surface area contributed by atoms with Crippen LogP contribution < -0.4 is 5.73 Å². The van der Waals surface area contributed by atoms with E-state index in [1.165, 1.54) is 23.4 Å². The molecule has 0 amide bonds. The molecule has 1 aliphatic carbocycles. The molecule has 0 radical (unpaired) electrons. The quantitative estimate of drug-likeness (QED) is 0.806. The van der Waals surface area contributed by atoms with Crippen molar-refractivity contribution in [3.05, 3.63) is 13.6 Å². The van der Waals surface area contributed by atoms with E-state index in [-0.39, 0.29) is 0 Å². The van der Waals surface area contributed by atoms with Crippen LogP contribution in [-0.4, -0.2) is 11.5 Å². The molecule has 12 heavy (non-hydrogen) atoms. The summed E-state index contributed by atoms with van der Waals surface area (Å²) in [6.07, 6.45) is 3.67. The minimum absolute atomic E-state index is 0.592. The number of aryl methyl sites for hydroxylation is 1. The number of fused-ring (bicyclic) bond motifs is 1. The van der Waals surface area contributed by atoms with Gasteiger partial charge >= 0.3 is 0 Å². The van der Waals surface area contributed by atoms with Crippen LogP contribution in [0.25, 0.3) is 0 Å². The SMILES string of the molecule is NCC1CCCc2nc(I)sc21. The third-order valence-electron chi connectivity index (χ3n) is 2.32. The molecule has 1 aromatic rings. The van der Waals surface area contributed by atoms with Crippen molar-refractivity contribution in [2.75, 3.05) is 6.54 Å². The second-order valence-electron chi connectivity index (χ2n) is 3.10. The largest absolute Gasteiger partial charge is 0.330 e. The number of hydrogen-bond donors (Lipinski definition) is 1. The van der Waals surface area contributed by atoms with Crippen LogP contribution in [-0.2, 0) is 6.42 Å². The second-order valence-corrected chi connectivity index (χ2v) is 5.89. The third-order valence-corrected chi connectivity index (χ3v) is 4.27. The summed E-state index contributed by atoms with van der Waals surface area (Å²) in [4.78, 5) is 5.95. The van der Waals surface area contributed by atoms with E-state index < -0.39 is 0 Å². The molecule has 66 valence electrons. The van der Waals surface area contributed by atoms with E-state index in [4.69, 9.17) is 5.73 Å². The number of halogens is 1. The van der Waals surface area contributed by atoms with Crippen molar-refractivity contribution in [3.8, 4) is 0 Å². The Kier molecular flexibility index (Phi) is 2.66. The minimum atomic E-state index is 0.592. The summed E-state index contributed by atoms with van der Waals surface area (Å²) in [6.45, 7) is 0.783. The lowest BCUT2D eigenvalue weighted by Gasteiger charge is -2.18. The Morgan fingerprint density at radius 1 is 1.67 bits per heavy atom. The van der Waals surface area contributed by atoms with E-state index >= 15 is 0 Å². The Labute approximate surface area is 89.7 Å². The zero-order valence-corrected chi connectivity index (χ0v) is 9.69. The third kappa shape index (κ3) is 1.52. The smallest absolute Gasteiger partial charge is 0.154 e. The molecule has 1 unspecified atom stereocenters. The molecule has 0 aliphatic heterocycles. The predicted molar refractivity (Wildman–Crippen MR) is 59.6 cm³/mol. The van der Waals surface area contributed by atoms with E-state index in [9.17, 15) is 0 Å². The number of nitrogens with two attached hydrogens (primary N) is 1. The average molecular weight is 294 g/mol. The summed E-state index contributed by atoms with van der Waals surface area (Å²) in [5.74, 6) is 0.592. The van der Waals surface area contributed by atoms with Crippen LogP contribution in [0.15, 0.2) is 0 Å². The van der Waals surface area contributed by atoms with Gasteiger partial charge in [0.2, 0.25) is 0 Å². The van der Waals surface area contributed by atoms with Crippen molar-refractivity contribution < 1.29 is 0 Å². The lowest BCUT2D eigenvalue weighted by Crippen LogP contribution is -2.16. The lowest BCUT2D eigenvalue weighted by atomic mass is 9.92. The van der Waals surface area contributed by atoms with Crippen molar-refractivity contribution in [3.63, 3.8) is 0 Å². The molecule has 0 aromatic carbocycles. The van der Waals surface area contributed by atoms with Crippen molar-refractivity contribution in [2.45, 2.75) is 25.2 Å². The van der Waals surface area contributed by atoms with Crippen molar-refractivity contribution >= 4 is 33.9 Å². The fourth-order valence-electron chi connectivity index (χ4n) is 1.70. The van der Waals surface area contributed by atoms with E-state index in [1.54, 1.807) is 0 Å². The fourth-order valence-corrected chi connectivity index (χ4v) is 3.69. The van der Waals surface area contributed by atoms with Gasteiger partial charge in [-0.15, -0.1) is 11.3 Å². The predicted octanol–water partition coefficient (Wildman–Crippen LogP) is 2.13. The van der Waals surface area contributed by atoms with Crippen LogP contribution >= 0.6 is 33.9 Å². The first-order valence-electron chi connectivity index (χ1n) is 4.16. The van der Waals surface area contributed by atoms with Gasteiger partial charge in [-0.25, -0.2) is 4.98 Å². The van der Waals surface area contributed by atoms with Crippen LogP contribution in [0.5, 0.6) is 0 Å². The van der Waals surface area contributed by atoms with Crippen LogP contribution in [0.2, 0.25) is 0 Å². The van der Waals surface area contributed by atoms with Crippen molar-refractivity contribution in [2.24, 2.45) is 5.73 Å². The van der Waals surface area contributed by atoms with Crippen LogP contribution in [0.1, 0.15) is 29.3 Å². The first kappa shape index (κ1) is 8.90. The Hall–Kier alpha value is 0.320. The highest BCUT2D eigenvalue weighted by molar-refractivity contribution is 14.1. The number of hydrogen-bond acceptors (Lipinski definition) is 3. The molecule has 1 atom stereocenters. The monoisotopic (exact) mass is 294 g/mol. The number of nitrogens with zero attached hydrogens (tertiary/aromatic N) is 1. The molecule has 0 saturated heterocycles. The van der Waals surface area contributed by atoms with Crippen molar-refractivity contribution in [1.29, 1.82) is 0 Å². The Morgan fingerprint density at radius 3 is 3.25 bits per heavy atom. The summed E-state index contributed by atoms with van der Waals surface area (Å²) >= 11 is 4.11. The van der Waals surface area contributed by atoms with Gasteiger partial charge in [0.25, 0.3) is 0 Å². The normalized spacial score (nSPS) is 22.3. The maximum atomic E-state index is 5.70. The van der Waals surface area contributed by atoms with Gasteiger partial charge in [0.15, 0.2) is 3.01 Å². The molecule has 0 saturated carbocycles. The highest BCUT2D eigenvalue weighted by atomic mass is 127. The summed E-state index contributed by atoms with van der Waals surface area (Å²) < 4.78 is 1.16. The van der Waals surface area contributed by atoms with Gasteiger partial charge in [-0.2, -0.15) is 0 Å². The second kappa shape index (κ2) is 3.59. The Morgan fingerprint density at radius 2 is 2.50 bits per heavy atom. The molecule has 2 N–H and O–H groups in total. The first-order chi connectivity index (χ1) is 5.81. The molecule has 1 aromatic heterocycles. The number of aromatic nitrogens is 1. The molecule has 4 heteroatoms. The molecule has 0 fully saturated rings. The first-order valence-corrected chi connectivity index (χ1v) is 6.06. The van der Waals surface area contributed by atoms with E-state index in [1.807, 2.05) is 11.3 Å². The zero-order valence-electron chi connectivity index (χ0n) is 6.72. The molecule has 1 heterocycles. The van der Waals surface area contributed by atoms with Gasteiger partial charge in [-0.05, 0) is 41.9 Å². The standard InChI is InChI=1S/C8H11IN2S/c9-8-11-6-3-1-2-5(4-10)7(6)12-8/h5H,1-4,10H2. The molecule has 0 bridgehead atoms. The number of rotatable bonds is 1. The lowest BCUT2D eigenvalue weighted by molar-refractivity contribution is 0.563. The topological polar surface area (TPSA) is 38.9 Å². The summed E-state index contributed by atoms with van der Waals surface area (Å²) in [5, 5.41) is 0. The number of thiazole rings is 1. The van der Waals surface area contributed by atoms with Gasteiger partial charge in [0, 0.05) is 17.3 Å². The van der Waals surface area contributed by atoms with Crippen molar-refractivity contribution in [1.82, 2.24) is 4.98 Å². The van der Waals surface area contributed by atoms with Gasteiger partial charge in [-0.3, -0.25) is 0 Å². The molecular weight excluding hydrogens is 283 g/mol. The van der Waals surface area contributed by atoms with E-state index in [0.717, 1.165) is 16.0 Å². The van der Waals surface area contributed by atoms with Crippen LogP contribution in [0, 0.1) is 3.01 Å². The Bertz CT molecular complexity index is 285. The van der Waals surface area contributed by atoms with Crippen LogP contribution in [0.3, 0.4) is 0 Å². The van der Waals surface area contributed by atoms with Gasteiger partial charge in [-0.1, -0.05) is 0 Å². The van der Waals surface area contributed by atoms with E-state index in [2.05, 4.69) is 27.6 Å². The van der Waals surface area contributed by atoms with Crippen LogP contribution in [0.4, 0.5) is 0 Å². The molecule has 2 rings (SSSR count). The molecule has 1 aliphatic rings. The maximum absolute atomic E-state index is 5.70. The van der Waals surface area contributed by atoms with Gasteiger partial charge in [0.1, 0.15) is 0 Å².